The van der Waals surface area contributed by atoms with Crippen molar-refractivity contribution in [1.29, 1.82) is 0 Å². The lowest BCUT2D eigenvalue weighted by atomic mass is 9.94. The number of hydrogen-bond acceptors (Lipinski definition) is 8. The largest absolute Gasteiger partial charge is 0.395 e. The fourth-order valence-electron chi connectivity index (χ4n) is 3.82. The molecule has 0 spiro atoms. The molecular formula is C25H34N4O4S. The predicted octanol–water partition coefficient (Wildman–Crippen LogP) is 4.33. The Kier molecular flexibility index (Phi) is 7.75. The summed E-state index contributed by atoms with van der Waals surface area (Å²) >= 11 is 0. The van der Waals surface area contributed by atoms with Gasteiger partial charge in [-0.15, -0.1) is 0 Å². The molecule has 2 aromatic rings. The molecule has 8 nitrogen and oxygen atoms in total. The van der Waals surface area contributed by atoms with Crippen LogP contribution in [0.5, 0.6) is 0 Å². The Bertz CT molecular complexity index is 1210. The normalized spacial score (nSPS) is 15.9. The van der Waals surface area contributed by atoms with Crippen LogP contribution in [0.4, 0.5) is 0 Å². The molecule has 0 bridgehead atoms. The second-order valence-corrected chi connectivity index (χ2v) is 11.8. The molecule has 1 aliphatic carbocycles. The van der Waals surface area contributed by atoms with E-state index in [2.05, 4.69) is 20.3 Å². The fraction of sp³-hybridized carbons (Fsp3) is 0.520. The zero-order valence-corrected chi connectivity index (χ0v) is 21.9. The molecule has 0 N–H and O–H groups in total. The van der Waals surface area contributed by atoms with E-state index in [0.29, 0.717) is 53.8 Å². The summed E-state index contributed by atoms with van der Waals surface area (Å²) in [6.45, 7) is 12.3. The van der Waals surface area contributed by atoms with Crippen LogP contribution in [0.25, 0.3) is 0 Å². The quantitative estimate of drug-likeness (QED) is 0.406. The Morgan fingerprint density at radius 2 is 1.71 bits per heavy atom. The van der Waals surface area contributed by atoms with Crippen LogP contribution >= 0.6 is 0 Å². The molecule has 3 rings (SSSR count). The lowest BCUT2D eigenvalue weighted by Gasteiger charge is -2.23. The standard InChI is InChI=1S/C25H34N4O4S/c1-16-11-17(2)26-22(12-16)19(4)28-32-14-25(5,6)15-33-29-21-10-8-9-20-23(34(7,30)31)13-18(3)27-24(20)21/h11-13H,8-10,14-15H2,1-7H3. The van der Waals surface area contributed by atoms with Crippen molar-refractivity contribution in [2.45, 2.75) is 65.7 Å². The highest BCUT2D eigenvalue weighted by Gasteiger charge is 2.26. The van der Waals surface area contributed by atoms with Gasteiger partial charge < -0.3 is 9.68 Å². The summed E-state index contributed by atoms with van der Waals surface area (Å²) in [5.74, 6) is 0. The van der Waals surface area contributed by atoms with Crippen molar-refractivity contribution < 1.29 is 18.1 Å². The molecule has 0 saturated carbocycles. The van der Waals surface area contributed by atoms with Crippen molar-refractivity contribution in [2.75, 3.05) is 19.5 Å². The molecule has 0 unspecified atom stereocenters. The Balaban J connectivity index is 1.66. The number of sulfone groups is 1. The van der Waals surface area contributed by atoms with Crippen molar-refractivity contribution in [3.05, 3.63) is 52.1 Å². The van der Waals surface area contributed by atoms with Gasteiger partial charge in [-0.2, -0.15) is 0 Å². The lowest BCUT2D eigenvalue weighted by molar-refractivity contribution is -0.000161. The van der Waals surface area contributed by atoms with Crippen molar-refractivity contribution >= 4 is 21.3 Å². The number of aryl methyl sites for hydroxylation is 3. The molecule has 0 saturated heterocycles. The van der Waals surface area contributed by atoms with E-state index in [1.165, 1.54) is 6.26 Å². The summed E-state index contributed by atoms with van der Waals surface area (Å²) in [6.07, 6.45) is 3.38. The zero-order chi connectivity index (χ0) is 25.1. The molecule has 184 valence electrons. The molecule has 0 atom stereocenters. The molecule has 2 aromatic heterocycles. The van der Waals surface area contributed by atoms with E-state index in [4.69, 9.17) is 9.68 Å². The van der Waals surface area contributed by atoms with E-state index in [0.717, 1.165) is 28.9 Å². The van der Waals surface area contributed by atoms with Crippen molar-refractivity contribution in [2.24, 2.45) is 15.7 Å². The van der Waals surface area contributed by atoms with E-state index in [1.54, 1.807) is 13.0 Å². The molecule has 2 heterocycles. The summed E-state index contributed by atoms with van der Waals surface area (Å²) in [6, 6.07) is 5.63. The first-order valence-electron chi connectivity index (χ1n) is 11.4. The predicted molar refractivity (Wildman–Crippen MR) is 133 cm³/mol. The number of fused-ring (bicyclic) bond motifs is 1. The highest BCUT2D eigenvalue weighted by molar-refractivity contribution is 7.90. The number of pyridine rings is 2. The molecule has 9 heteroatoms. The van der Waals surface area contributed by atoms with E-state index in [9.17, 15) is 8.42 Å². The molecule has 0 aliphatic heterocycles. The van der Waals surface area contributed by atoms with E-state index in [1.807, 2.05) is 46.8 Å². The Hall–Kier alpha value is -2.81. The Morgan fingerprint density at radius 3 is 2.38 bits per heavy atom. The highest BCUT2D eigenvalue weighted by Crippen LogP contribution is 2.28. The Labute approximate surface area is 202 Å². The van der Waals surface area contributed by atoms with E-state index >= 15 is 0 Å². The molecule has 0 fully saturated rings. The fourth-order valence-corrected chi connectivity index (χ4v) is 4.86. The van der Waals surface area contributed by atoms with Gasteiger partial charge in [-0.1, -0.05) is 24.2 Å². The number of hydrogen-bond donors (Lipinski definition) is 0. The van der Waals surface area contributed by atoms with Crippen LogP contribution in [0.3, 0.4) is 0 Å². The summed E-state index contributed by atoms with van der Waals surface area (Å²) in [4.78, 5) is 20.7. The molecule has 1 aliphatic rings. The van der Waals surface area contributed by atoms with Crippen LogP contribution in [0, 0.1) is 26.2 Å². The van der Waals surface area contributed by atoms with Gasteiger partial charge in [-0.3, -0.25) is 9.97 Å². The van der Waals surface area contributed by atoms with Gasteiger partial charge in [0, 0.05) is 23.1 Å². The van der Waals surface area contributed by atoms with Crippen molar-refractivity contribution in [1.82, 2.24) is 9.97 Å². The summed E-state index contributed by atoms with van der Waals surface area (Å²) in [5.41, 5.74) is 5.92. The van der Waals surface area contributed by atoms with Gasteiger partial charge in [-0.05, 0) is 76.3 Å². The minimum absolute atomic E-state index is 0.312. The van der Waals surface area contributed by atoms with Crippen LogP contribution in [-0.4, -0.2) is 49.3 Å². The first-order chi connectivity index (χ1) is 15.9. The van der Waals surface area contributed by atoms with Gasteiger partial charge in [0.2, 0.25) is 0 Å². The maximum absolute atomic E-state index is 12.3. The maximum atomic E-state index is 12.3. The third kappa shape index (κ3) is 6.62. The number of nitrogens with zero attached hydrogens (tertiary/aromatic N) is 4. The van der Waals surface area contributed by atoms with E-state index in [-0.39, 0.29) is 5.41 Å². The first kappa shape index (κ1) is 25.8. The van der Waals surface area contributed by atoms with Gasteiger partial charge >= 0.3 is 0 Å². The first-order valence-corrected chi connectivity index (χ1v) is 13.3. The molecule has 0 aromatic carbocycles. The second kappa shape index (κ2) is 10.2. The number of rotatable bonds is 8. The second-order valence-electron chi connectivity index (χ2n) is 9.81. The lowest BCUT2D eigenvalue weighted by Crippen LogP contribution is -2.25. The van der Waals surface area contributed by atoms with Gasteiger partial charge in [0.05, 0.1) is 16.3 Å². The Morgan fingerprint density at radius 1 is 1.03 bits per heavy atom. The van der Waals surface area contributed by atoms with Crippen LogP contribution in [-0.2, 0) is 25.9 Å². The third-order valence-corrected chi connectivity index (χ3v) is 6.64. The summed E-state index contributed by atoms with van der Waals surface area (Å²) in [5, 5.41) is 8.57. The smallest absolute Gasteiger partial charge is 0.175 e. The zero-order valence-electron chi connectivity index (χ0n) is 21.1. The SMILES string of the molecule is CC(=NOCC(C)(C)CON=C1CCCc2c(S(C)(=O)=O)cc(C)nc21)c1cc(C)cc(C)n1. The average molecular weight is 487 g/mol. The maximum Gasteiger partial charge on any atom is 0.175 e. The minimum atomic E-state index is -3.35. The van der Waals surface area contributed by atoms with Gasteiger partial charge in [-0.25, -0.2) is 8.42 Å². The van der Waals surface area contributed by atoms with Gasteiger partial charge in [0.1, 0.15) is 24.6 Å². The molecule has 34 heavy (non-hydrogen) atoms. The monoisotopic (exact) mass is 486 g/mol. The summed E-state index contributed by atoms with van der Waals surface area (Å²) in [7, 11) is -3.35. The van der Waals surface area contributed by atoms with Crippen LogP contribution in [0.1, 0.15) is 67.5 Å². The average Bonchev–Trinajstić information content (AvgIpc) is 2.72. The highest BCUT2D eigenvalue weighted by atomic mass is 32.2. The van der Waals surface area contributed by atoms with Gasteiger partial charge in [0.15, 0.2) is 9.84 Å². The topological polar surface area (TPSA) is 103 Å². The summed E-state index contributed by atoms with van der Waals surface area (Å²) < 4.78 is 24.5. The molecular weight excluding hydrogens is 452 g/mol. The third-order valence-electron chi connectivity index (χ3n) is 5.48. The molecule has 0 amide bonds. The van der Waals surface area contributed by atoms with Crippen LogP contribution in [0.2, 0.25) is 0 Å². The van der Waals surface area contributed by atoms with Gasteiger partial charge in [0.25, 0.3) is 0 Å². The van der Waals surface area contributed by atoms with Crippen LogP contribution in [0.15, 0.2) is 33.4 Å². The van der Waals surface area contributed by atoms with Crippen LogP contribution < -0.4 is 0 Å². The minimum Gasteiger partial charge on any atom is -0.395 e. The van der Waals surface area contributed by atoms with Crippen molar-refractivity contribution in [3.63, 3.8) is 0 Å². The number of aromatic nitrogens is 2. The van der Waals surface area contributed by atoms with Crippen molar-refractivity contribution in [3.8, 4) is 0 Å². The van der Waals surface area contributed by atoms with E-state index < -0.39 is 9.84 Å². The number of oxime groups is 2. The molecule has 0 radical (unpaired) electrons.